The molecule has 0 bridgehead atoms. The maximum atomic E-state index is 9.01. The highest BCUT2D eigenvalue weighted by molar-refractivity contribution is 4.81. The first-order valence-corrected chi connectivity index (χ1v) is 4.36. The largest absolute Gasteiger partial charge is 0.390 e. The molecule has 1 atom stereocenters. The summed E-state index contributed by atoms with van der Waals surface area (Å²) in [6.45, 7) is 3.65. The summed E-state index contributed by atoms with van der Waals surface area (Å²) in [5.74, 6) is 0. The van der Waals surface area contributed by atoms with E-state index in [9.17, 15) is 0 Å². The van der Waals surface area contributed by atoms with Gasteiger partial charge < -0.3 is 9.84 Å². The molecule has 2 saturated heterocycles. The molecule has 0 aliphatic carbocycles. The second kappa shape index (κ2) is 3.09. The van der Waals surface area contributed by atoms with Gasteiger partial charge in [0.2, 0.25) is 0 Å². The fraction of sp³-hybridized carbons (Fsp3) is 1.00. The van der Waals surface area contributed by atoms with E-state index in [-0.39, 0.29) is 6.10 Å². The van der Waals surface area contributed by atoms with E-state index in [0.29, 0.717) is 6.10 Å². The minimum absolute atomic E-state index is 0.0728. The van der Waals surface area contributed by atoms with Crippen molar-refractivity contribution in [3.05, 3.63) is 0 Å². The molecule has 0 spiro atoms. The molecule has 0 radical (unpaired) electrons. The number of likely N-dealkylation sites (tertiary alicyclic amines) is 1. The first kappa shape index (κ1) is 7.53. The molecule has 0 amide bonds. The third-order valence-corrected chi connectivity index (χ3v) is 2.42. The van der Waals surface area contributed by atoms with Crippen molar-refractivity contribution in [2.24, 2.45) is 0 Å². The van der Waals surface area contributed by atoms with Gasteiger partial charge in [0, 0.05) is 26.2 Å². The summed E-state index contributed by atoms with van der Waals surface area (Å²) in [4.78, 5) is 2.25. The zero-order chi connectivity index (χ0) is 7.68. The summed E-state index contributed by atoms with van der Waals surface area (Å²) in [6, 6.07) is 0. The highest BCUT2D eigenvalue weighted by Gasteiger charge is 2.27. The average molecular weight is 157 g/mol. The van der Waals surface area contributed by atoms with E-state index in [1.54, 1.807) is 0 Å². The van der Waals surface area contributed by atoms with Crippen molar-refractivity contribution in [3.8, 4) is 0 Å². The lowest BCUT2D eigenvalue weighted by Crippen LogP contribution is -2.52. The molecule has 2 aliphatic rings. The van der Waals surface area contributed by atoms with Gasteiger partial charge in [-0.3, -0.25) is 4.90 Å². The summed E-state index contributed by atoms with van der Waals surface area (Å²) in [5.41, 5.74) is 0. The van der Waals surface area contributed by atoms with Gasteiger partial charge in [0.05, 0.1) is 12.2 Å². The lowest BCUT2D eigenvalue weighted by atomic mass is 10.1. The first-order valence-electron chi connectivity index (χ1n) is 4.36. The number of ether oxygens (including phenoxy) is 1. The van der Waals surface area contributed by atoms with E-state index in [1.807, 2.05) is 0 Å². The Hall–Kier alpha value is -0.120. The van der Waals surface area contributed by atoms with Crippen LogP contribution in [0, 0.1) is 0 Å². The highest BCUT2D eigenvalue weighted by Crippen LogP contribution is 2.16. The molecular weight excluding hydrogens is 142 g/mol. The second-order valence-electron chi connectivity index (χ2n) is 3.51. The lowest BCUT2D eigenvalue weighted by Gasteiger charge is -2.37. The normalized spacial score (nSPS) is 34.1. The molecule has 64 valence electrons. The standard InChI is InChI=1S/C8H15NO2/c10-7-4-9(5-7)6-8-2-1-3-11-8/h7-8,10H,1-6H2/t8-/m0/s1. The van der Waals surface area contributed by atoms with Crippen LogP contribution in [0.1, 0.15) is 12.8 Å². The van der Waals surface area contributed by atoms with Crippen LogP contribution in [0.5, 0.6) is 0 Å². The molecule has 2 fully saturated rings. The van der Waals surface area contributed by atoms with Crippen LogP contribution in [0.4, 0.5) is 0 Å². The summed E-state index contributed by atoms with van der Waals surface area (Å²) in [7, 11) is 0. The van der Waals surface area contributed by atoms with Crippen LogP contribution in [0.3, 0.4) is 0 Å². The predicted molar refractivity (Wildman–Crippen MR) is 41.4 cm³/mol. The first-order chi connectivity index (χ1) is 5.34. The Labute approximate surface area is 66.9 Å². The number of hydrogen-bond acceptors (Lipinski definition) is 3. The quantitative estimate of drug-likeness (QED) is 0.604. The van der Waals surface area contributed by atoms with Crippen molar-refractivity contribution in [2.75, 3.05) is 26.2 Å². The molecule has 0 aromatic rings. The van der Waals surface area contributed by atoms with Crippen LogP contribution in [0.15, 0.2) is 0 Å². The third-order valence-electron chi connectivity index (χ3n) is 2.42. The maximum absolute atomic E-state index is 9.01. The van der Waals surface area contributed by atoms with Crippen LogP contribution < -0.4 is 0 Å². The molecule has 2 aliphatic heterocycles. The van der Waals surface area contributed by atoms with E-state index < -0.39 is 0 Å². The zero-order valence-electron chi connectivity index (χ0n) is 6.70. The fourth-order valence-electron chi connectivity index (χ4n) is 1.77. The van der Waals surface area contributed by atoms with Crippen molar-refractivity contribution < 1.29 is 9.84 Å². The predicted octanol–water partition coefficient (Wildman–Crippen LogP) is -0.158. The van der Waals surface area contributed by atoms with E-state index in [2.05, 4.69) is 4.90 Å². The van der Waals surface area contributed by atoms with Crippen molar-refractivity contribution in [1.82, 2.24) is 4.90 Å². The van der Waals surface area contributed by atoms with Gasteiger partial charge in [-0.15, -0.1) is 0 Å². The van der Waals surface area contributed by atoms with Crippen LogP contribution in [-0.4, -0.2) is 48.5 Å². The van der Waals surface area contributed by atoms with Crippen LogP contribution in [-0.2, 0) is 4.74 Å². The summed E-state index contributed by atoms with van der Waals surface area (Å²) in [5, 5.41) is 9.01. The molecule has 11 heavy (non-hydrogen) atoms. The van der Waals surface area contributed by atoms with Crippen LogP contribution >= 0.6 is 0 Å². The van der Waals surface area contributed by atoms with E-state index in [0.717, 1.165) is 26.2 Å². The number of nitrogens with zero attached hydrogens (tertiary/aromatic N) is 1. The zero-order valence-corrected chi connectivity index (χ0v) is 6.70. The minimum Gasteiger partial charge on any atom is -0.390 e. The Kier molecular flexibility index (Phi) is 2.11. The van der Waals surface area contributed by atoms with Gasteiger partial charge in [-0.05, 0) is 12.8 Å². The van der Waals surface area contributed by atoms with Gasteiger partial charge in [0.15, 0.2) is 0 Å². The van der Waals surface area contributed by atoms with Gasteiger partial charge in [0.25, 0.3) is 0 Å². The smallest absolute Gasteiger partial charge is 0.0793 e. The molecule has 2 rings (SSSR count). The Balaban J connectivity index is 1.66. The minimum atomic E-state index is -0.0728. The Morgan fingerprint density at radius 2 is 2.27 bits per heavy atom. The second-order valence-corrected chi connectivity index (χ2v) is 3.51. The number of rotatable bonds is 2. The van der Waals surface area contributed by atoms with Crippen molar-refractivity contribution in [1.29, 1.82) is 0 Å². The Morgan fingerprint density at radius 3 is 2.82 bits per heavy atom. The fourth-order valence-corrected chi connectivity index (χ4v) is 1.77. The monoisotopic (exact) mass is 157 g/mol. The number of aliphatic hydroxyl groups excluding tert-OH is 1. The Morgan fingerprint density at radius 1 is 1.45 bits per heavy atom. The summed E-state index contributed by atoms with van der Waals surface area (Å²) >= 11 is 0. The van der Waals surface area contributed by atoms with Crippen LogP contribution in [0.2, 0.25) is 0 Å². The van der Waals surface area contributed by atoms with Gasteiger partial charge in [-0.2, -0.15) is 0 Å². The molecule has 0 saturated carbocycles. The van der Waals surface area contributed by atoms with Gasteiger partial charge in [-0.25, -0.2) is 0 Å². The summed E-state index contributed by atoms with van der Waals surface area (Å²) in [6.07, 6.45) is 2.78. The van der Waals surface area contributed by atoms with Crippen molar-refractivity contribution in [3.63, 3.8) is 0 Å². The average Bonchev–Trinajstić information content (AvgIpc) is 2.36. The SMILES string of the molecule is OC1CN(C[C@@H]2CCCO2)C1. The summed E-state index contributed by atoms with van der Waals surface area (Å²) < 4.78 is 5.47. The molecule has 0 aromatic carbocycles. The molecular formula is C8H15NO2. The Bertz CT molecular complexity index is 128. The van der Waals surface area contributed by atoms with Crippen LogP contribution in [0.25, 0.3) is 0 Å². The number of hydrogen-bond donors (Lipinski definition) is 1. The maximum Gasteiger partial charge on any atom is 0.0793 e. The van der Waals surface area contributed by atoms with Gasteiger partial charge >= 0.3 is 0 Å². The molecule has 3 nitrogen and oxygen atoms in total. The van der Waals surface area contributed by atoms with E-state index in [1.165, 1.54) is 12.8 Å². The molecule has 3 heteroatoms. The topological polar surface area (TPSA) is 32.7 Å². The van der Waals surface area contributed by atoms with Gasteiger partial charge in [0.1, 0.15) is 0 Å². The van der Waals surface area contributed by atoms with Crippen molar-refractivity contribution >= 4 is 0 Å². The molecule has 0 aromatic heterocycles. The molecule has 1 N–H and O–H groups in total. The van der Waals surface area contributed by atoms with Gasteiger partial charge in [-0.1, -0.05) is 0 Å². The molecule has 2 heterocycles. The van der Waals surface area contributed by atoms with Crippen molar-refractivity contribution in [2.45, 2.75) is 25.0 Å². The van der Waals surface area contributed by atoms with E-state index in [4.69, 9.17) is 9.84 Å². The number of β-amino-alcohol motifs (C(OH)–C–C–N with tert-alkyl or cyclic N) is 1. The lowest BCUT2D eigenvalue weighted by molar-refractivity contribution is -0.0270. The molecule has 0 unspecified atom stereocenters. The number of aliphatic hydroxyl groups is 1. The van der Waals surface area contributed by atoms with E-state index >= 15 is 0 Å². The third kappa shape index (κ3) is 1.72. The highest BCUT2D eigenvalue weighted by atomic mass is 16.5.